The van der Waals surface area contributed by atoms with Crippen LogP contribution in [0, 0.1) is 0 Å². The van der Waals surface area contributed by atoms with Gasteiger partial charge in [-0.2, -0.15) is 0 Å². The molecule has 0 N–H and O–H groups in total. The lowest BCUT2D eigenvalue weighted by atomic mass is 9.93. The van der Waals surface area contributed by atoms with E-state index in [9.17, 15) is 0 Å². The molecule has 11 aromatic rings. The highest BCUT2D eigenvalue weighted by atomic mass is 16.3. The molecule has 0 aliphatic heterocycles. The molecule has 0 saturated carbocycles. The third kappa shape index (κ3) is 4.38. The minimum Gasteiger partial charge on any atom is -0.456 e. The number of furan rings is 1. The van der Waals surface area contributed by atoms with Gasteiger partial charge < -0.3 is 8.83 Å². The van der Waals surface area contributed by atoms with Crippen molar-refractivity contribution in [3.8, 4) is 45.6 Å². The molecule has 6 nitrogen and oxygen atoms in total. The Labute approximate surface area is 296 Å². The molecular weight excluding hydrogens is 641 g/mol. The quantitative estimate of drug-likeness (QED) is 0.174. The molecule has 0 aliphatic carbocycles. The van der Waals surface area contributed by atoms with Crippen molar-refractivity contribution < 1.29 is 8.83 Å². The SMILES string of the molecule is c1ccc(-c2nc(-c3cccc4c3ccc3ccc5ccc6nc(-c7ccccc7)oc6c5c34)nc(-c3cccc4oc5ccccc5c34)n2)cc1. The second-order valence-corrected chi connectivity index (χ2v) is 13.0. The Hall–Kier alpha value is -7.18. The predicted octanol–water partition coefficient (Wildman–Crippen LogP) is 12.0. The van der Waals surface area contributed by atoms with Crippen LogP contribution in [-0.2, 0) is 0 Å². The molecule has 0 saturated heterocycles. The zero-order valence-electron chi connectivity index (χ0n) is 27.6. The van der Waals surface area contributed by atoms with Gasteiger partial charge >= 0.3 is 0 Å². The van der Waals surface area contributed by atoms with Gasteiger partial charge in [-0.15, -0.1) is 0 Å². The summed E-state index contributed by atoms with van der Waals surface area (Å²) in [5, 5.41) is 8.45. The van der Waals surface area contributed by atoms with E-state index in [1.165, 1.54) is 0 Å². The summed E-state index contributed by atoms with van der Waals surface area (Å²) in [5.74, 6) is 2.38. The van der Waals surface area contributed by atoms with E-state index in [1.54, 1.807) is 0 Å². The molecule has 0 aliphatic rings. The first kappa shape index (κ1) is 28.6. The average molecular weight is 667 g/mol. The number of fused-ring (bicyclic) bond motifs is 10. The van der Waals surface area contributed by atoms with Crippen LogP contribution in [0.3, 0.4) is 0 Å². The van der Waals surface area contributed by atoms with Crippen LogP contribution in [0.2, 0.25) is 0 Å². The van der Waals surface area contributed by atoms with Gasteiger partial charge in [0, 0.05) is 43.8 Å². The number of nitrogens with zero attached hydrogens (tertiary/aromatic N) is 4. The predicted molar refractivity (Wildman–Crippen MR) is 209 cm³/mol. The largest absolute Gasteiger partial charge is 0.456 e. The fourth-order valence-corrected chi connectivity index (χ4v) is 7.57. The molecule has 0 bridgehead atoms. The van der Waals surface area contributed by atoms with Gasteiger partial charge in [0.25, 0.3) is 0 Å². The molecule has 242 valence electrons. The van der Waals surface area contributed by atoms with Crippen molar-refractivity contribution in [2.45, 2.75) is 0 Å². The number of hydrogen-bond acceptors (Lipinski definition) is 6. The van der Waals surface area contributed by atoms with Crippen LogP contribution in [-0.4, -0.2) is 19.9 Å². The highest BCUT2D eigenvalue weighted by molar-refractivity contribution is 6.27. The van der Waals surface area contributed by atoms with Crippen molar-refractivity contribution in [2.75, 3.05) is 0 Å². The van der Waals surface area contributed by atoms with E-state index in [-0.39, 0.29) is 0 Å². The molecule has 0 unspecified atom stereocenters. The summed E-state index contributed by atoms with van der Waals surface area (Å²) < 4.78 is 12.8. The Morgan fingerprint density at radius 3 is 1.81 bits per heavy atom. The molecule has 11 rings (SSSR count). The Bertz CT molecular complexity index is 3180. The minimum atomic E-state index is 0.584. The summed E-state index contributed by atoms with van der Waals surface area (Å²) in [6, 6.07) is 53.5. The van der Waals surface area contributed by atoms with Crippen LogP contribution in [0.4, 0.5) is 0 Å². The number of rotatable bonds is 4. The van der Waals surface area contributed by atoms with Gasteiger partial charge in [0.05, 0.1) is 0 Å². The van der Waals surface area contributed by atoms with E-state index in [0.29, 0.717) is 23.4 Å². The standard InChI is InChI=1S/C46H26N4O2/c1-3-11-29(12-4-1)43-48-44(50-45(49-43)35-18-10-20-38-41(35)34-15-7-8-19-37(34)51-38)33-17-9-16-32-31(33)25-23-27-21-22-28-24-26-36-42(40(28)39(27)32)52-46(47-36)30-13-5-2-6-14-30/h1-26H. The second kappa shape index (κ2) is 11.2. The third-order valence-corrected chi connectivity index (χ3v) is 9.95. The third-order valence-electron chi connectivity index (χ3n) is 9.95. The molecule has 52 heavy (non-hydrogen) atoms. The van der Waals surface area contributed by atoms with Crippen LogP contribution in [0.1, 0.15) is 0 Å². The lowest BCUT2D eigenvalue weighted by molar-refractivity contribution is 0.623. The molecule has 0 amide bonds. The second-order valence-electron chi connectivity index (χ2n) is 13.0. The average Bonchev–Trinajstić information content (AvgIpc) is 3.83. The van der Waals surface area contributed by atoms with Gasteiger partial charge in [-0.05, 0) is 51.9 Å². The van der Waals surface area contributed by atoms with Crippen LogP contribution in [0.5, 0.6) is 0 Å². The van der Waals surface area contributed by atoms with Crippen molar-refractivity contribution in [3.63, 3.8) is 0 Å². The van der Waals surface area contributed by atoms with E-state index in [1.807, 2.05) is 97.1 Å². The maximum atomic E-state index is 6.58. The first-order valence-corrected chi connectivity index (χ1v) is 17.2. The van der Waals surface area contributed by atoms with E-state index < -0.39 is 0 Å². The van der Waals surface area contributed by atoms with Gasteiger partial charge in [-0.25, -0.2) is 19.9 Å². The lowest BCUT2D eigenvalue weighted by Crippen LogP contribution is -2.01. The molecular formula is C46H26N4O2. The van der Waals surface area contributed by atoms with Crippen LogP contribution in [0.25, 0.3) is 111 Å². The van der Waals surface area contributed by atoms with Crippen molar-refractivity contribution in [2.24, 2.45) is 0 Å². The normalized spacial score (nSPS) is 11.8. The number of oxazole rings is 1. The molecule has 3 aromatic heterocycles. The van der Waals surface area contributed by atoms with E-state index in [0.717, 1.165) is 87.6 Å². The van der Waals surface area contributed by atoms with Crippen molar-refractivity contribution >= 4 is 65.4 Å². The van der Waals surface area contributed by atoms with Gasteiger partial charge in [0.15, 0.2) is 23.1 Å². The van der Waals surface area contributed by atoms with Gasteiger partial charge in [-0.1, -0.05) is 127 Å². The molecule has 0 spiro atoms. The topological polar surface area (TPSA) is 77.8 Å². The molecule has 8 aromatic carbocycles. The van der Waals surface area contributed by atoms with Crippen LogP contribution < -0.4 is 0 Å². The van der Waals surface area contributed by atoms with Crippen molar-refractivity contribution in [1.29, 1.82) is 0 Å². The summed E-state index contributed by atoms with van der Waals surface area (Å²) in [7, 11) is 0. The fourth-order valence-electron chi connectivity index (χ4n) is 7.57. The maximum Gasteiger partial charge on any atom is 0.227 e. The zero-order valence-corrected chi connectivity index (χ0v) is 27.6. The number of para-hydroxylation sites is 1. The summed E-state index contributed by atoms with van der Waals surface area (Å²) in [4.78, 5) is 20.3. The first-order valence-electron chi connectivity index (χ1n) is 17.2. The number of benzene rings is 8. The van der Waals surface area contributed by atoms with Crippen LogP contribution in [0.15, 0.2) is 167 Å². The molecule has 3 heterocycles. The Morgan fingerprint density at radius 2 is 0.962 bits per heavy atom. The summed E-state index contributed by atoms with van der Waals surface area (Å²) in [5.41, 5.74) is 6.87. The van der Waals surface area contributed by atoms with Gasteiger partial charge in [-0.3, -0.25) is 0 Å². The van der Waals surface area contributed by atoms with E-state index in [4.69, 9.17) is 28.8 Å². The highest BCUT2D eigenvalue weighted by Crippen LogP contribution is 2.41. The fraction of sp³-hybridized carbons (Fsp3) is 0. The molecule has 0 fully saturated rings. The van der Waals surface area contributed by atoms with Gasteiger partial charge in [0.1, 0.15) is 16.7 Å². The zero-order chi connectivity index (χ0) is 34.2. The summed E-state index contributed by atoms with van der Waals surface area (Å²) in [6.45, 7) is 0. The van der Waals surface area contributed by atoms with Crippen molar-refractivity contribution in [1.82, 2.24) is 19.9 Å². The minimum absolute atomic E-state index is 0.584. The number of hydrogen-bond donors (Lipinski definition) is 0. The molecule has 0 radical (unpaired) electrons. The molecule has 6 heteroatoms. The van der Waals surface area contributed by atoms with Crippen molar-refractivity contribution in [3.05, 3.63) is 158 Å². The maximum absolute atomic E-state index is 6.58. The monoisotopic (exact) mass is 666 g/mol. The summed E-state index contributed by atoms with van der Waals surface area (Å²) >= 11 is 0. The Morgan fingerprint density at radius 1 is 0.346 bits per heavy atom. The van der Waals surface area contributed by atoms with E-state index >= 15 is 0 Å². The lowest BCUT2D eigenvalue weighted by Gasteiger charge is -2.13. The van der Waals surface area contributed by atoms with Crippen LogP contribution >= 0.6 is 0 Å². The number of aromatic nitrogens is 4. The Balaban J connectivity index is 1.19. The highest BCUT2D eigenvalue weighted by Gasteiger charge is 2.20. The molecule has 0 atom stereocenters. The van der Waals surface area contributed by atoms with E-state index in [2.05, 4.69) is 60.7 Å². The Kier molecular flexibility index (Phi) is 6.15. The first-order chi connectivity index (χ1) is 25.8. The summed E-state index contributed by atoms with van der Waals surface area (Å²) in [6.07, 6.45) is 0. The smallest absolute Gasteiger partial charge is 0.227 e. The van der Waals surface area contributed by atoms with Gasteiger partial charge in [0.2, 0.25) is 5.89 Å².